The number of ether oxygens (including phenoxy) is 1. The second-order valence-corrected chi connectivity index (χ2v) is 4.85. The zero-order valence-corrected chi connectivity index (χ0v) is 11.8. The maximum absolute atomic E-state index is 13.7. The van der Waals surface area contributed by atoms with Crippen molar-refractivity contribution in [1.29, 1.82) is 0 Å². The lowest BCUT2D eigenvalue weighted by Gasteiger charge is -2.25. The first-order valence-corrected chi connectivity index (χ1v) is 7.09. The first-order chi connectivity index (χ1) is 9.72. The summed E-state index contributed by atoms with van der Waals surface area (Å²) in [6, 6.07) is 6.31. The molecule has 0 atom stereocenters. The number of hydrogen-bond donors (Lipinski definition) is 1. The van der Waals surface area contributed by atoms with Crippen molar-refractivity contribution in [2.75, 3.05) is 31.1 Å². The summed E-state index contributed by atoms with van der Waals surface area (Å²) in [7, 11) is 0. The number of rotatable bonds is 5. The number of likely N-dealkylation sites (N-methyl/N-ethyl adjacent to an activating group) is 1. The molecule has 110 valence electrons. The van der Waals surface area contributed by atoms with Gasteiger partial charge < -0.3 is 15.0 Å². The van der Waals surface area contributed by atoms with E-state index in [1.165, 1.54) is 11.0 Å². The summed E-state index contributed by atoms with van der Waals surface area (Å²) in [6.07, 6.45) is 1.96. The van der Waals surface area contributed by atoms with Gasteiger partial charge in [0.15, 0.2) is 0 Å². The van der Waals surface area contributed by atoms with Crippen LogP contribution in [0, 0.1) is 5.82 Å². The molecule has 1 fully saturated rings. The molecule has 1 amide bonds. The number of halogens is 1. The van der Waals surface area contributed by atoms with Gasteiger partial charge in [-0.1, -0.05) is 12.1 Å². The zero-order valence-electron chi connectivity index (χ0n) is 11.8. The minimum atomic E-state index is -0.385. The van der Waals surface area contributed by atoms with E-state index in [0.29, 0.717) is 12.2 Å². The average Bonchev–Trinajstić information content (AvgIpc) is 2.49. The molecule has 1 heterocycles. The molecule has 0 spiro atoms. The van der Waals surface area contributed by atoms with E-state index in [-0.39, 0.29) is 24.4 Å². The highest BCUT2D eigenvalue weighted by atomic mass is 19.1. The smallest absolute Gasteiger partial charge is 0.253 e. The fraction of sp³-hybridized carbons (Fsp3) is 0.533. The van der Waals surface area contributed by atoms with E-state index in [1.807, 2.05) is 6.92 Å². The Hall–Kier alpha value is -1.46. The standard InChI is InChI=1S/C15H21FN2O2/c1-2-18(14-6-4-3-5-13(14)16)15(19)11-20-12-7-9-17-10-8-12/h3-6,12,17H,2,7-11H2,1H3. The second-order valence-electron chi connectivity index (χ2n) is 4.85. The Morgan fingerprint density at radius 2 is 2.10 bits per heavy atom. The highest BCUT2D eigenvalue weighted by Crippen LogP contribution is 2.19. The van der Waals surface area contributed by atoms with Gasteiger partial charge in [-0.05, 0) is 45.0 Å². The highest BCUT2D eigenvalue weighted by Gasteiger charge is 2.20. The summed E-state index contributed by atoms with van der Waals surface area (Å²) in [5, 5.41) is 3.24. The number of carbonyl (C=O) groups excluding carboxylic acids is 1. The largest absolute Gasteiger partial charge is 0.368 e. The van der Waals surface area contributed by atoms with Gasteiger partial charge in [-0.15, -0.1) is 0 Å². The molecule has 0 unspecified atom stereocenters. The predicted octanol–water partition coefficient (Wildman–Crippen LogP) is 1.95. The predicted molar refractivity (Wildman–Crippen MR) is 76.3 cm³/mol. The Balaban J connectivity index is 1.93. The molecule has 0 bridgehead atoms. The number of nitrogens with one attached hydrogen (secondary N) is 1. The van der Waals surface area contributed by atoms with E-state index in [1.54, 1.807) is 18.2 Å². The van der Waals surface area contributed by atoms with Crippen LogP contribution >= 0.6 is 0 Å². The molecule has 0 aromatic heterocycles. The third-order valence-electron chi connectivity index (χ3n) is 3.49. The molecule has 0 radical (unpaired) electrons. The van der Waals surface area contributed by atoms with Crippen LogP contribution in [0.15, 0.2) is 24.3 Å². The van der Waals surface area contributed by atoms with Gasteiger partial charge in [0.1, 0.15) is 12.4 Å². The number of para-hydroxylation sites is 1. The molecular weight excluding hydrogens is 259 g/mol. The first kappa shape index (κ1) is 14.9. The number of nitrogens with zero attached hydrogens (tertiary/aromatic N) is 1. The van der Waals surface area contributed by atoms with E-state index in [0.717, 1.165) is 25.9 Å². The van der Waals surface area contributed by atoms with Crippen molar-refractivity contribution < 1.29 is 13.9 Å². The van der Waals surface area contributed by atoms with E-state index in [2.05, 4.69) is 5.32 Å². The quantitative estimate of drug-likeness (QED) is 0.896. The Kier molecular flexibility index (Phi) is 5.49. The Labute approximate surface area is 118 Å². The number of piperidine rings is 1. The lowest BCUT2D eigenvalue weighted by molar-refractivity contribution is -0.125. The summed E-state index contributed by atoms with van der Waals surface area (Å²) in [4.78, 5) is 13.6. The molecule has 5 heteroatoms. The fourth-order valence-electron chi connectivity index (χ4n) is 2.38. The van der Waals surface area contributed by atoms with Gasteiger partial charge in [-0.2, -0.15) is 0 Å². The van der Waals surface area contributed by atoms with Gasteiger partial charge in [-0.3, -0.25) is 4.79 Å². The maximum Gasteiger partial charge on any atom is 0.253 e. The molecule has 1 aliphatic rings. The van der Waals surface area contributed by atoms with Crippen molar-refractivity contribution in [2.45, 2.75) is 25.9 Å². The van der Waals surface area contributed by atoms with Crippen molar-refractivity contribution in [3.63, 3.8) is 0 Å². The van der Waals surface area contributed by atoms with Crippen LogP contribution in [-0.4, -0.2) is 38.3 Å². The monoisotopic (exact) mass is 280 g/mol. The lowest BCUT2D eigenvalue weighted by Crippen LogP contribution is -2.38. The normalized spacial score (nSPS) is 16.1. The fourth-order valence-corrected chi connectivity index (χ4v) is 2.38. The highest BCUT2D eigenvalue weighted by molar-refractivity contribution is 5.94. The maximum atomic E-state index is 13.7. The molecule has 1 N–H and O–H groups in total. The molecule has 1 aromatic rings. The van der Waals surface area contributed by atoms with Gasteiger partial charge in [0.05, 0.1) is 11.8 Å². The molecule has 20 heavy (non-hydrogen) atoms. The number of carbonyl (C=O) groups is 1. The van der Waals surface area contributed by atoms with E-state index in [9.17, 15) is 9.18 Å². The molecule has 0 aliphatic carbocycles. The summed E-state index contributed by atoms with van der Waals surface area (Å²) in [6.45, 7) is 4.10. The minimum Gasteiger partial charge on any atom is -0.368 e. The van der Waals surface area contributed by atoms with Gasteiger partial charge in [0.2, 0.25) is 0 Å². The van der Waals surface area contributed by atoms with Gasteiger partial charge in [-0.25, -0.2) is 4.39 Å². The van der Waals surface area contributed by atoms with Crippen molar-refractivity contribution in [2.24, 2.45) is 0 Å². The van der Waals surface area contributed by atoms with Crippen LogP contribution in [-0.2, 0) is 9.53 Å². The van der Waals surface area contributed by atoms with Gasteiger partial charge in [0.25, 0.3) is 5.91 Å². The Bertz CT molecular complexity index is 447. The van der Waals surface area contributed by atoms with Crippen LogP contribution in [0.25, 0.3) is 0 Å². The van der Waals surface area contributed by atoms with Crippen molar-refractivity contribution in [3.8, 4) is 0 Å². The number of benzene rings is 1. The molecule has 0 saturated carbocycles. The third kappa shape index (κ3) is 3.77. The van der Waals surface area contributed by atoms with Crippen molar-refractivity contribution in [1.82, 2.24) is 5.32 Å². The van der Waals surface area contributed by atoms with Gasteiger partial charge in [0, 0.05) is 6.54 Å². The molecule has 1 saturated heterocycles. The van der Waals surface area contributed by atoms with Gasteiger partial charge >= 0.3 is 0 Å². The van der Waals surface area contributed by atoms with Crippen LogP contribution in [0.1, 0.15) is 19.8 Å². The number of amides is 1. The van der Waals surface area contributed by atoms with Crippen molar-refractivity contribution in [3.05, 3.63) is 30.1 Å². The molecule has 4 nitrogen and oxygen atoms in total. The van der Waals surface area contributed by atoms with Crippen LogP contribution in [0.2, 0.25) is 0 Å². The van der Waals surface area contributed by atoms with E-state index >= 15 is 0 Å². The van der Waals surface area contributed by atoms with Crippen LogP contribution in [0.4, 0.5) is 10.1 Å². The summed E-state index contributed by atoms with van der Waals surface area (Å²) < 4.78 is 19.4. The molecular formula is C15H21FN2O2. The van der Waals surface area contributed by atoms with Crippen LogP contribution in [0.3, 0.4) is 0 Å². The first-order valence-electron chi connectivity index (χ1n) is 7.09. The molecule has 1 aromatic carbocycles. The Morgan fingerprint density at radius 3 is 2.75 bits per heavy atom. The summed E-state index contributed by atoms with van der Waals surface area (Å²) >= 11 is 0. The van der Waals surface area contributed by atoms with E-state index < -0.39 is 0 Å². The second kappa shape index (κ2) is 7.36. The minimum absolute atomic E-state index is 0.00679. The van der Waals surface area contributed by atoms with E-state index in [4.69, 9.17) is 4.74 Å². The lowest BCUT2D eigenvalue weighted by atomic mass is 10.1. The third-order valence-corrected chi connectivity index (χ3v) is 3.49. The molecule has 2 rings (SSSR count). The van der Waals surface area contributed by atoms with Crippen LogP contribution < -0.4 is 10.2 Å². The Morgan fingerprint density at radius 1 is 1.40 bits per heavy atom. The SMILES string of the molecule is CCN(C(=O)COC1CCNCC1)c1ccccc1F. The summed E-state index contributed by atoms with van der Waals surface area (Å²) in [5.41, 5.74) is 0.314. The summed E-state index contributed by atoms with van der Waals surface area (Å²) in [5.74, 6) is -0.583. The zero-order chi connectivity index (χ0) is 14.4. The number of hydrogen-bond acceptors (Lipinski definition) is 3. The molecule has 1 aliphatic heterocycles. The van der Waals surface area contributed by atoms with Crippen molar-refractivity contribution >= 4 is 11.6 Å². The average molecular weight is 280 g/mol. The van der Waals surface area contributed by atoms with Crippen LogP contribution in [0.5, 0.6) is 0 Å². The number of anilines is 1. The topological polar surface area (TPSA) is 41.6 Å².